The zero-order chi connectivity index (χ0) is 13.7. The second-order valence-corrected chi connectivity index (χ2v) is 3.84. The number of carbonyl (C=O) groups excluding carboxylic acids is 1. The Kier molecular flexibility index (Phi) is 3.84. The van der Waals surface area contributed by atoms with Crippen molar-refractivity contribution in [3.8, 4) is 17.6 Å². The minimum absolute atomic E-state index is 0.132. The molecule has 2 aromatic carbocycles. The highest BCUT2D eigenvalue weighted by atomic mass is 16.5. The first kappa shape index (κ1) is 12.7. The number of esters is 1. The Hall–Kier alpha value is -2.73. The molecule has 0 aliphatic rings. The van der Waals surface area contributed by atoms with E-state index in [1.54, 1.807) is 6.07 Å². The molecule has 3 heteroatoms. The van der Waals surface area contributed by atoms with Gasteiger partial charge in [0.2, 0.25) is 0 Å². The summed E-state index contributed by atoms with van der Waals surface area (Å²) in [6.07, 6.45) is 0. The van der Waals surface area contributed by atoms with Gasteiger partial charge in [-0.15, -0.1) is 0 Å². The molecule has 19 heavy (non-hydrogen) atoms. The largest absolute Gasteiger partial charge is 0.507 e. The second kappa shape index (κ2) is 5.74. The number of hydrogen-bond acceptors (Lipinski definition) is 3. The van der Waals surface area contributed by atoms with E-state index in [2.05, 4.69) is 16.6 Å². The minimum atomic E-state index is -0.569. The molecule has 0 heterocycles. The van der Waals surface area contributed by atoms with E-state index in [9.17, 15) is 9.90 Å². The Labute approximate surface area is 111 Å². The number of benzene rings is 2. The number of ether oxygens (including phenoxy) is 1. The first-order valence-corrected chi connectivity index (χ1v) is 5.69. The molecular weight excluding hydrogens is 240 g/mol. The van der Waals surface area contributed by atoms with Crippen LogP contribution in [0.4, 0.5) is 0 Å². The Bertz CT molecular complexity index is 649. The summed E-state index contributed by atoms with van der Waals surface area (Å²) in [6.45, 7) is 0. The van der Waals surface area contributed by atoms with Gasteiger partial charge in [0.15, 0.2) is 0 Å². The van der Waals surface area contributed by atoms with Gasteiger partial charge in [0, 0.05) is 11.1 Å². The van der Waals surface area contributed by atoms with Crippen LogP contribution in [0.1, 0.15) is 21.5 Å². The fourth-order valence-electron chi connectivity index (χ4n) is 1.56. The van der Waals surface area contributed by atoms with E-state index in [0.29, 0.717) is 5.56 Å². The van der Waals surface area contributed by atoms with E-state index in [-0.39, 0.29) is 11.3 Å². The molecule has 0 fully saturated rings. The smallest absolute Gasteiger partial charge is 0.341 e. The van der Waals surface area contributed by atoms with Crippen molar-refractivity contribution >= 4 is 5.97 Å². The number of carbonyl (C=O) groups is 1. The minimum Gasteiger partial charge on any atom is -0.507 e. The topological polar surface area (TPSA) is 46.5 Å². The van der Waals surface area contributed by atoms with Gasteiger partial charge in [0.05, 0.1) is 7.11 Å². The first-order valence-electron chi connectivity index (χ1n) is 5.69. The van der Waals surface area contributed by atoms with Crippen LogP contribution in [0.15, 0.2) is 48.5 Å². The van der Waals surface area contributed by atoms with Gasteiger partial charge < -0.3 is 9.84 Å². The molecule has 94 valence electrons. The van der Waals surface area contributed by atoms with Gasteiger partial charge in [-0.2, -0.15) is 0 Å². The molecule has 2 aromatic rings. The molecular formula is C16H12O3. The van der Waals surface area contributed by atoms with Crippen molar-refractivity contribution in [3.63, 3.8) is 0 Å². The number of phenolic OH excluding ortho intramolecular Hbond substituents is 1. The molecule has 1 N–H and O–H groups in total. The van der Waals surface area contributed by atoms with Crippen LogP contribution in [0.5, 0.6) is 5.75 Å². The standard InChI is InChI=1S/C16H12O3/c1-19-16(18)14-10-9-13(11-15(14)17)8-7-12-5-3-2-4-6-12/h2-6,9-11,17H,1H3. The van der Waals surface area contributed by atoms with Gasteiger partial charge in [-0.3, -0.25) is 0 Å². The molecule has 2 rings (SSSR count). The average molecular weight is 252 g/mol. The number of rotatable bonds is 1. The third kappa shape index (κ3) is 3.14. The van der Waals surface area contributed by atoms with Gasteiger partial charge in [0.1, 0.15) is 11.3 Å². The number of phenols is 1. The lowest BCUT2D eigenvalue weighted by atomic mass is 10.1. The zero-order valence-corrected chi connectivity index (χ0v) is 10.4. The van der Waals surface area contributed by atoms with Crippen molar-refractivity contribution in [3.05, 3.63) is 65.2 Å². The molecule has 0 bridgehead atoms. The summed E-state index contributed by atoms with van der Waals surface area (Å²) in [6, 6.07) is 14.1. The van der Waals surface area contributed by atoms with Gasteiger partial charge in [-0.1, -0.05) is 30.0 Å². The molecule has 0 aliphatic carbocycles. The van der Waals surface area contributed by atoms with Crippen LogP contribution >= 0.6 is 0 Å². The second-order valence-electron chi connectivity index (χ2n) is 3.84. The van der Waals surface area contributed by atoms with Crippen molar-refractivity contribution in [1.29, 1.82) is 0 Å². The predicted molar refractivity (Wildman–Crippen MR) is 71.9 cm³/mol. The molecule has 0 spiro atoms. The van der Waals surface area contributed by atoms with Crippen molar-refractivity contribution in [2.24, 2.45) is 0 Å². The van der Waals surface area contributed by atoms with Crippen LogP contribution < -0.4 is 0 Å². The summed E-state index contributed by atoms with van der Waals surface area (Å²) in [4.78, 5) is 11.3. The number of aromatic hydroxyl groups is 1. The molecule has 0 radical (unpaired) electrons. The lowest BCUT2D eigenvalue weighted by Crippen LogP contribution is -2.01. The summed E-state index contributed by atoms with van der Waals surface area (Å²) in [7, 11) is 1.27. The Morgan fingerprint density at radius 3 is 2.37 bits per heavy atom. The van der Waals surface area contributed by atoms with E-state index in [0.717, 1.165) is 5.56 Å². The Balaban J connectivity index is 2.27. The summed E-state index contributed by atoms with van der Waals surface area (Å²) < 4.78 is 4.55. The van der Waals surface area contributed by atoms with Crippen molar-refractivity contribution in [2.45, 2.75) is 0 Å². The molecule has 3 nitrogen and oxygen atoms in total. The summed E-state index contributed by atoms with van der Waals surface area (Å²) in [5.41, 5.74) is 1.65. The van der Waals surface area contributed by atoms with Crippen LogP contribution in [0.2, 0.25) is 0 Å². The number of methoxy groups -OCH3 is 1. The van der Waals surface area contributed by atoms with Gasteiger partial charge in [0.25, 0.3) is 0 Å². The van der Waals surface area contributed by atoms with E-state index in [1.807, 2.05) is 30.3 Å². The molecule has 0 aliphatic heterocycles. The summed E-state index contributed by atoms with van der Waals surface area (Å²) in [5.74, 6) is 5.20. The highest BCUT2D eigenvalue weighted by Gasteiger charge is 2.10. The highest BCUT2D eigenvalue weighted by Crippen LogP contribution is 2.19. The first-order chi connectivity index (χ1) is 9.20. The molecule has 0 aromatic heterocycles. The lowest BCUT2D eigenvalue weighted by molar-refractivity contribution is 0.0597. The summed E-state index contributed by atoms with van der Waals surface area (Å²) in [5, 5.41) is 9.72. The highest BCUT2D eigenvalue weighted by molar-refractivity contribution is 5.92. The van der Waals surface area contributed by atoms with Crippen molar-refractivity contribution in [1.82, 2.24) is 0 Å². The third-order valence-electron chi connectivity index (χ3n) is 2.53. The monoisotopic (exact) mass is 252 g/mol. The fraction of sp³-hybridized carbons (Fsp3) is 0.0625. The van der Waals surface area contributed by atoms with Crippen LogP contribution in [-0.4, -0.2) is 18.2 Å². The predicted octanol–water partition coefficient (Wildman–Crippen LogP) is 2.58. The van der Waals surface area contributed by atoms with Crippen LogP contribution in [0.3, 0.4) is 0 Å². The van der Waals surface area contributed by atoms with E-state index < -0.39 is 5.97 Å². The van der Waals surface area contributed by atoms with Crippen LogP contribution in [0.25, 0.3) is 0 Å². The molecule has 0 saturated heterocycles. The molecule has 0 unspecified atom stereocenters. The Morgan fingerprint density at radius 1 is 1.05 bits per heavy atom. The maximum atomic E-state index is 11.3. The van der Waals surface area contributed by atoms with Gasteiger partial charge in [-0.25, -0.2) is 4.79 Å². The lowest BCUT2D eigenvalue weighted by Gasteiger charge is -2.02. The molecule has 0 amide bonds. The number of hydrogen-bond donors (Lipinski definition) is 1. The summed E-state index contributed by atoms with van der Waals surface area (Å²) >= 11 is 0. The van der Waals surface area contributed by atoms with Crippen molar-refractivity contribution < 1.29 is 14.6 Å². The van der Waals surface area contributed by atoms with Crippen molar-refractivity contribution in [2.75, 3.05) is 7.11 Å². The van der Waals surface area contributed by atoms with Gasteiger partial charge in [-0.05, 0) is 30.3 Å². The zero-order valence-electron chi connectivity index (χ0n) is 10.4. The van der Waals surface area contributed by atoms with E-state index >= 15 is 0 Å². The maximum Gasteiger partial charge on any atom is 0.341 e. The third-order valence-corrected chi connectivity index (χ3v) is 2.53. The molecule has 0 atom stereocenters. The molecule has 0 saturated carbocycles. The quantitative estimate of drug-likeness (QED) is 0.626. The SMILES string of the molecule is COC(=O)c1ccc(C#Cc2ccccc2)cc1O. The fourth-order valence-corrected chi connectivity index (χ4v) is 1.56. The average Bonchev–Trinajstić information content (AvgIpc) is 2.45. The maximum absolute atomic E-state index is 11.3. The van der Waals surface area contributed by atoms with E-state index in [4.69, 9.17) is 0 Å². The van der Waals surface area contributed by atoms with Crippen LogP contribution in [0, 0.1) is 11.8 Å². The van der Waals surface area contributed by atoms with Gasteiger partial charge >= 0.3 is 5.97 Å². The van der Waals surface area contributed by atoms with E-state index in [1.165, 1.54) is 19.2 Å². The van der Waals surface area contributed by atoms with Crippen LogP contribution in [-0.2, 0) is 4.74 Å². The normalized spacial score (nSPS) is 9.32. The Morgan fingerprint density at radius 2 is 1.74 bits per heavy atom.